The number of halogens is 6. The van der Waals surface area contributed by atoms with E-state index in [9.17, 15) is 19.8 Å². The largest absolute Gasteiger partial charge is 0.459 e. The minimum Gasteiger partial charge on any atom is -0.459 e. The molecule has 2 atom stereocenters. The second-order valence-corrected chi connectivity index (χ2v) is 8.37. The van der Waals surface area contributed by atoms with Crippen LogP contribution in [0, 0.1) is 0 Å². The second kappa shape index (κ2) is 8.29. The Hall–Kier alpha value is 0.600. The van der Waals surface area contributed by atoms with E-state index in [1.54, 1.807) is 0 Å². The van der Waals surface area contributed by atoms with Crippen molar-refractivity contribution in [2.24, 2.45) is 0 Å². The summed E-state index contributed by atoms with van der Waals surface area (Å²) in [6.45, 7) is -1.38. The van der Waals surface area contributed by atoms with E-state index in [1.807, 2.05) is 0 Å². The van der Waals surface area contributed by atoms with Crippen molar-refractivity contribution in [2.75, 3.05) is 13.2 Å². The van der Waals surface area contributed by atoms with Gasteiger partial charge in [0.25, 0.3) is 0 Å². The molecule has 6 nitrogen and oxygen atoms in total. The van der Waals surface area contributed by atoms with Crippen LogP contribution in [0.25, 0.3) is 0 Å². The zero-order valence-electron chi connectivity index (χ0n) is 9.36. The molecule has 0 aromatic heterocycles. The molecular formula is C8H8Cl6O6. The van der Waals surface area contributed by atoms with E-state index in [-0.39, 0.29) is 0 Å². The van der Waals surface area contributed by atoms with E-state index in [4.69, 9.17) is 69.6 Å². The molecule has 0 radical (unpaired) electrons. The summed E-state index contributed by atoms with van der Waals surface area (Å²) in [6, 6.07) is 0. The van der Waals surface area contributed by atoms with Gasteiger partial charge >= 0.3 is 11.9 Å². The summed E-state index contributed by atoms with van der Waals surface area (Å²) < 4.78 is 4.90. The molecule has 2 N–H and O–H groups in total. The first-order valence-electron chi connectivity index (χ1n) is 4.66. The van der Waals surface area contributed by atoms with Crippen molar-refractivity contribution in [1.82, 2.24) is 0 Å². The van der Waals surface area contributed by atoms with Crippen molar-refractivity contribution in [3.05, 3.63) is 0 Å². The van der Waals surface area contributed by atoms with E-state index in [1.165, 1.54) is 0 Å². The highest BCUT2D eigenvalue weighted by Gasteiger charge is 2.35. The van der Waals surface area contributed by atoms with Gasteiger partial charge in [-0.1, -0.05) is 69.6 Å². The highest BCUT2D eigenvalue weighted by Crippen LogP contribution is 2.27. The lowest BCUT2D eigenvalue weighted by molar-refractivity contribution is -0.172. The summed E-state index contributed by atoms with van der Waals surface area (Å²) in [7, 11) is 0. The summed E-state index contributed by atoms with van der Waals surface area (Å²) in [6.07, 6.45) is -4.49. The predicted molar refractivity (Wildman–Crippen MR) is 74.5 cm³/mol. The van der Waals surface area contributed by atoms with Crippen LogP contribution in [0.2, 0.25) is 0 Å². The molecule has 0 aromatic carbocycles. The van der Waals surface area contributed by atoms with Crippen LogP contribution in [0.3, 0.4) is 0 Å². The lowest BCUT2D eigenvalue weighted by Gasteiger charge is -2.18. The molecule has 0 aliphatic carbocycles. The van der Waals surface area contributed by atoms with Gasteiger partial charge in [0, 0.05) is 0 Å². The molecule has 0 saturated carbocycles. The Morgan fingerprint density at radius 3 is 1.25 bits per heavy atom. The number of rotatable bonds is 5. The topological polar surface area (TPSA) is 93.1 Å². The van der Waals surface area contributed by atoms with Gasteiger partial charge in [0.15, 0.2) is 12.2 Å². The highest BCUT2D eigenvalue weighted by atomic mass is 35.6. The van der Waals surface area contributed by atoms with Gasteiger partial charge in [0.1, 0.15) is 13.2 Å². The lowest BCUT2D eigenvalue weighted by atomic mass is 10.2. The molecule has 20 heavy (non-hydrogen) atoms. The van der Waals surface area contributed by atoms with Gasteiger partial charge < -0.3 is 19.7 Å². The van der Waals surface area contributed by atoms with Crippen molar-refractivity contribution < 1.29 is 29.3 Å². The number of aliphatic hydroxyl groups excluding tert-OH is 2. The van der Waals surface area contributed by atoms with Crippen LogP contribution in [-0.4, -0.2) is 55.2 Å². The molecule has 12 heteroatoms. The minimum atomic E-state index is -2.25. The van der Waals surface area contributed by atoms with E-state index in [0.717, 1.165) is 0 Å². The summed E-state index contributed by atoms with van der Waals surface area (Å²) in [4.78, 5) is 22.5. The maximum atomic E-state index is 11.2. The molecule has 0 spiro atoms. The number of carbonyl (C=O) groups excluding carboxylic acids is 2. The lowest BCUT2D eigenvalue weighted by Crippen LogP contribution is -2.43. The first kappa shape index (κ1) is 20.6. The van der Waals surface area contributed by atoms with Crippen LogP contribution in [-0.2, 0) is 19.1 Å². The average Bonchev–Trinajstić information content (AvgIpc) is 2.29. The van der Waals surface area contributed by atoms with E-state index < -0.39 is 44.9 Å². The smallest absolute Gasteiger partial charge is 0.338 e. The average molecular weight is 413 g/mol. The summed E-state index contributed by atoms with van der Waals surface area (Å²) in [5.74, 6) is -2.79. The summed E-state index contributed by atoms with van der Waals surface area (Å²) in [5.41, 5.74) is 0. The zero-order chi connectivity index (χ0) is 16.1. The van der Waals surface area contributed by atoms with Crippen LogP contribution in [0.1, 0.15) is 0 Å². The van der Waals surface area contributed by atoms with Gasteiger partial charge in [0.05, 0.1) is 0 Å². The van der Waals surface area contributed by atoms with Crippen molar-refractivity contribution in [1.29, 1.82) is 0 Å². The molecule has 0 heterocycles. The molecular weight excluding hydrogens is 405 g/mol. The number of hydrogen-bond donors (Lipinski definition) is 2. The maximum Gasteiger partial charge on any atom is 0.338 e. The van der Waals surface area contributed by atoms with Crippen molar-refractivity contribution >= 4 is 81.5 Å². The van der Waals surface area contributed by atoms with Crippen molar-refractivity contribution in [2.45, 2.75) is 19.8 Å². The Morgan fingerprint density at radius 2 is 1.05 bits per heavy atom. The molecule has 118 valence electrons. The molecule has 0 saturated heterocycles. The SMILES string of the molecule is O=C(OCC(Cl)(Cl)Cl)C(O)C(O)C(=O)OCC(Cl)(Cl)Cl. The van der Waals surface area contributed by atoms with Gasteiger partial charge in [-0.25, -0.2) is 9.59 Å². The van der Waals surface area contributed by atoms with Crippen LogP contribution in [0.5, 0.6) is 0 Å². The molecule has 0 aromatic rings. The fourth-order valence-electron chi connectivity index (χ4n) is 0.734. The number of esters is 2. The highest BCUT2D eigenvalue weighted by molar-refractivity contribution is 6.68. The van der Waals surface area contributed by atoms with Crippen molar-refractivity contribution in [3.8, 4) is 0 Å². The van der Waals surface area contributed by atoms with Gasteiger partial charge in [-0.2, -0.15) is 0 Å². The van der Waals surface area contributed by atoms with Gasteiger partial charge in [-0.15, -0.1) is 0 Å². The Bertz CT molecular complexity index is 316. The Morgan fingerprint density at radius 1 is 0.800 bits per heavy atom. The number of hydrogen-bond acceptors (Lipinski definition) is 6. The van der Waals surface area contributed by atoms with Crippen LogP contribution in [0.4, 0.5) is 0 Å². The normalized spacial score (nSPS) is 15.4. The number of ether oxygens (including phenoxy) is 2. The fourth-order valence-corrected chi connectivity index (χ4v) is 1.06. The van der Waals surface area contributed by atoms with E-state index in [0.29, 0.717) is 0 Å². The third kappa shape index (κ3) is 9.52. The van der Waals surface area contributed by atoms with Crippen LogP contribution >= 0.6 is 69.6 Å². The van der Waals surface area contributed by atoms with Crippen molar-refractivity contribution in [3.63, 3.8) is 0 Å². The molecule has 0 aliphatic heterocycles. The first-order valence-corrected chi connectivity index (χ1v) is 6.93. The zero-order valence-corrected chi connectivity index (χ0v) is 13.9. The standard InChI is InChI=1S/C8H8Cl6O6/c9-7(10,11)1-19-5(17)3(15)4(16)6(18)20-2-8(12,13)14/h3-4,15-16H,1-2H2. The Balaban J connectivity index is 4.35. The predicted octanol–water partition coefficient (Wildman–Crippen LogP) is 1.53. The number of aliphatic hydroxyl groups is 2. The number of carbonyl (C=O) groups is 2. The van der Waals surface area contributed by atoms with Crippen LogP contribution < -0.4 is 0 Å². The monoisotopic (exact) mass is 410 g/mol. The van der Waals surface area contributed by atoms with Gasteiger partial charge in [-0.05, 0) is 0 Å². The third-order valence-corrected chi connectivity index (χ3v) is 2.19. The maximum absolute atomic E-state index is 11.2. The molecule has 0 rings (SSSR count). The van der Waals surface area contributed by atoms with Gasteiger partial charge in [-0.3, -0.25) is 0 Å². The Kier molecular flexibility index (Phi) is 8.54. The molecule has 2 unspecified atom stereocenters. The third-order valence-electron chi connectivity index (χ3n) is 1.54. The second-order valence-electron chi connectivity index (χ2n) is 3.34. The molecule has 0 bridgehead atoms. The minimum absolute atomic E-state index is 0.691. The van der Waals surface area contributed by atoms with E-state index >= 15 is 0 Å². The first-order chi connectivity index (χ1) is 8.83. The van der Waals surface area contributed by atoms with E-state index in [2.05, 4.69) is 9.47 Å². The quantitative estimate of drug-likeness (QED) is 0.525. The molecule has 0 fully saturated rings. The Labute approximate surface area is 143 Å². The fraction of sp³-hybridized carbons (Fsp3) is 0.750. The molecule has 0 amide bonds. The number of alkyl halides is 6. The van der Waals surface area contributed by atoms with Gasteiger partial charge in [0.2, 0.25) is 7.59 Å². The summed E-state index contributed by atoms with van der Waals surface area (Å²) in [5, 5.41) is 18.7. The summed E-state index contributed by atoms with van der Waals surface area (Å²) >= 11 is 31.8. The molecule has 0 aliphatic rings. The van der Waals surface area contributed by atoms with Crippen LogP contribution in [0.15, 0.2) is 0 Å².